The number of carbonyl (C=O) groups excluding carboxylic acids is 4. The zero-order valence-corrected chi connectivity index (χ0v) is 17.1. The summed E-state index contributed by atoms with van der Waals surface area (Å²) in [6.45, 7) is 3.29. The van der Waals surface area contributed by atoms with Crippen molar-refractivity contribution in [3.63, 3.8) is 0 Å². The highest BCUT2D eigenvalue weighted by atomic mass is 16.5. The molecule has 2 aliphatic carbocycles. The summed E-state index contributed by atoms with van der Waals surface area (Å²) in [5.74, 6) is -11.8. The summed E-state index contributed by atoms with van der Waals surface area (Å²) < 4.78 is 19.1. The fraction of sp³-hybridized carbons (Fsp3) is 0.684. The number of hydrogen-bond donors (Lipinski definition) is 2. The van der Waals surface area contributed by atoms with Gasteiger partial charge in [0.25, 0.3) is 0 Å². The first kappa shape index (κ1) is 22.7. The molecule has 2 bridgehead atoms. The lowest BCUT2D eigenvalue weighted by Gasteiger charge is -2.57. The number of carbonyl (C=O) groups is 4. The van der Waals surface area contributed by atoms with Crippen LogP contribution in [0.4, 0.5) is 0 Å². The van der Waals surface area contributed by atoms with Crippen molar-refractivity contribution in [3.05, 3.63) is 11.3 Å². The highest BCUT2D eigenvalue weighted by Gasteiger charge is 2.72. The minimum atomic E-state index is -2.45. The number of hydrogen-bond acceptors (Lipinski definition) is 10. The lowest BCUT2D eigenvalue weighted by Crippen LogP contribution is -2.70. The van der Waals surface area contributed by atoms with Gasteiger partial charge in [0.1, 0.15) is 17.3 Å². The van der Waals surface area contributed by atoms with E-state index in [4.69, 9.17) is 18.9 Å². The van der Waals surface area contributed by atoms with E-state index in [1.54, 1.807) is 13.8 Å². The molecule has 7 atom stereocenters. The highest BCUT2D eigenvalue weighted by molar-refractivity contribution is 5.95. The molecule has 1 saturated carbocycles. The molecule has 1 fully saturated rings. The van der Waals surface area contributed by atoms with E-state index >= 15 is 0 Å². The molecule has 0 aromatic heterocycles. The summed E-state index contributed by atoms with van der Waals surface area (Å²) in [6.07, 6.45) is 0. The lowest BCUT2D eigenvalue weighted by atomic mass is 9.47. The third-order valence-electron chi connectivity index (χ3n) is 6.37. The molecule has 2 rings (SSSR count). The predicted molar refractivity (Wildman–Crippen MR) is 95.0 cm³/mol. The molecule has 0 radical (unpaired) electrons. The standard InChI is InChI=1S/C19H26O10/c1-7-8(2)11(16(22)27-4)19(25)12(17(23)28-5)9(7)10(15(21)26-3)14(20)13(19)18(24)29-6/h7-9,11-13,20,25H,1-6H3/t7-,8-,9+,11-,12-,13?,19-/m1/s1. The number of rotatable bonds is 4. The van der Waals surface area contributed by atoms with Crippen LogP contribution in [0.3, 0.4) is 0 Å². The Morgan fingerprint density at radius 3 is 1.72 bits per heavy atom. The van der Waals surface area contributed by atoms with E-state index in [1.807, 2.05) is 0 Å². The van der Waals surface area contributed by atoms with Crippen molar-refractivity contribution < 1.29 is 48.3 Å². The average molecular weight is 414 g/mol. The van der Waals surface area contributed by atoms with Crippen molar-refractivity contribution in [1.29, 1.82) is 0 Å². The molecule has 0 aromatic carbocycles. The first-order valence-corrected chi connectivity index (χ1v) is 9.01. The van der Waals surface area contributed by atoms with Gasteiger partial charge in [-0.1, -0.05) is 13.8 Å². The lowest BCUT2D eigenvalue weighted by molar-refractivity contribution is -0.219. The molecule has 29 heavy (non-hydrogen) atoms. The van der Waals surface area contributed by atoms with Crippen molar-refractivity contribution >= 4 is 23.9 Å². The SMILES string of the molecule is COC(=O)C1=C(O)C(C(=O)OC)[C@@]2(O)[C@@H](C(=O)OC)[C@H](C)[C@@H](C)[C@@H]1[C@@H]2C(=O)OC. The minimum absolute atomic E-state index is 0.328. The third kappa shape index (κ3) is 3.06. The Balaban J connectivity index is 2.96. The van der Waals surface area contributed by atoms with Gasteiger partial charge in [-0.3, -0.25) is 14.4 Å². The Hall–Kier alpha value is -2.62. The molecule has 0 aromatic rings. The van der Waals surface area contributed by atoms with Gasteiger partial charge in [0.15, 0.2) is 0 Å². The van der Waals surface area contributed by atoms with Gasteiger partial charge >= 0.3 is 23.9 Å². The van der Waals surface area contributed by atoms with Crippen molar-refractivity contribution in [2.24, 2.45) is 35.5 Å². The zero-order chi connectivity index (χ0) is 22.3. The first-order valence-electron chi connectivity index (χ1n) is 9.01. The maximum absolute atomic E-state index is 12.8. The summed E-state index contributed by atoms with van der Waals surface area (Å²) in [4.78, 5) is 50.5. The van der Waals surface area contributed by atoms with Gasteiger partial charge < -0.3 is 29.2 Å². The van der Waals surface area contributed by atoms with E-state index in [2.05, 4.69) is 0 Å². The largest absolute Gasteiger partial charge is 0.511 e. The van der Waals surface area contributed by atoms with E-state index in [9.17, 15) is 29.4 Å². The number of fused-ring (bicyclic) bond motifs is 2. The second-order valence-electron chi connectivity index (χ2n) is 7.38. The minimum Gasteiger partial charge on any atom is -0.511 e. The molecule has 0 spiro atoms. The van der Waals surface area contributed by atoms with E-state index in [0.29, 0.717) is 0 Å². The van der Waals surface area contributed by atoms with Crippen LogP contribution in [-0.2, 0) is 38.1 Å². The monoisotopic (exact) mass is 414 g/mol. The number of aliphatic hydroxyl groups is 2. The summed E-state index contributed by atoms with van der Waals surface area (Å²) in [5, 5.41) is 22.6. The third-order valence-corrected chi connectivity index (χ3v) is 6.37. The second kappa shape index (κ2) is 8.02. The molecule has 10 nitrogen and oxygen atoms in total. The predicted octanol–water partition coefficient (Wildman–Crippen LogP) is -0.0142. The molecule has 162 valence electrons. The molecule has 0 amide bonds. The summed E-state index contributed by atoms with van der Waals surface area (Å²) in [5.41, 5.74) is -2.78. The molecule has 2 N–H and O–H groups in total. The summed E-state index contributed by atoms with van der Waals surface area (Å²) >= 11 is 0. The number of ether oxygens (including phenoxy) is 4. The molecule has 1 unspecified atom stereocenters. The van der Waals surface area contributed by atoms with Crippen molar-refractivity contribution in [2.45, 2.75) is 19.4 Å². The van der Waals surface area contributed by atoms with Crippen molar-refractivity contribution in [3.8, 4) is 0 Å². The quantitative estimate of drug-likeness (QED) is 0.475. The highest BCUT2D eigenvalue weighted by Crippen LogP contribution is 2.59. The Morgan fingerprint density at radius 1 is 0.793 bits per heavy atom. The van der Waals surface area contributed by atoms with Crippen LogP contribution in [0.2, 0.25) is 0 Å². The fourth-order valence-corrected chi connectivity index (χ4v) is 4.93. The van der Waals surface area contributed by atoms with E-state index in [-0.39, 0.29) is 5.57 Å². The first-order chi connectivity index (χ1) is 13.5. The van der Waals surface area contributed by atoms with Crippen LogP contribution in [0, 0.1) is 35.5 Å². The Bertz CT molecular complexity index is 756. The van der Waals surface area contributed by atoms with Crippen LogP contribution in [0.5, 0.6) is 0 Å². The van der Waals surface area contributed by atoms with Crippen molar-refractivity contribution in [1.82, 2.24) is 0 Å². The average Bonchev–Trinajstić information content (AvgIpc) is 2.70. The van der Waals surface area contributed by atoms with Gasteiger partial charge in [-0.15, -0.1) is 0 Å². The fourth-order valence-electron chi connectivity index (χ4n) is 4.93. The van der Waals surface area contributed by atoms with Crippen LogP contribution in [-0.4, -0.2) is 68.1 Å². The molecule has 2 aliphatic rings. The summed E-state index contributed by atoms with van der Waals surface area (Å²) in [7, 11) is 4.27. The molecule has 0 aliphatic heterocycles. The van der Waals surface area contributed by atoms with Gasteiger partial charge in [0, 0.05) is 5.92 Å². The maximum atomic E-state index is 12.8. The molecular weight excluding hydrogens is 388 g/mol. The van der Waals surface area contributed by atoms with Gasteiger partial charge in [-0.25, -0.2) is 4.79 Å². The smallest absolute Gasteiger partial charge is 0.337 e. The van der Waals surface area contributed by atoms with E-state index in [0.717, 1.165) is 28.4 Å². The van der Waals surface area contributed by atoms with Gasteiger partial charge in [0.05, 0.1) is 45.8 Å². The second-order valence-corrected chi connectivity index (χ2v) is 7.38. The van der Waals surface area contributed by atoms with Gasteiger partial charge in [-0.2, -0.15) is 0 Å². The molecule has 0 heterocycles. The number of esters is 4. The van der Waals surface area contributed by atoms with Crippen molar-refractivity contribution in [2.75, 3.05) is 28.4 Å². The van der Waals surface area contributed by atoms with Gasteiger partial charge in [-0.05, 0) is 11.8 Å². The van der Waals surface area contributed by atoms with E-state index < -0.39 is 70.7 Å². The van der Waals surface area contributed by atoms with Crippen LogP contribution in [0.15, 0.2) is 11.3 Å². The molecular formula is C19H26O10. The Kier molecular flexibility index (Phi) is 6.27. The Morgan fingerprint density at radius 2 is 1.28 bits per heavy atom. The summed E-state index contributed by atoms with van der Waals surface area (Å²) in [6, 6.07) is 0. The van der Waals surface area contributed by atoms with Gasteiger partial charge in [0.2, 0.25) is 0 Å². The van der Waals surface area contributed by atoms with E-state index in [1.165, 1.54) is 0 Å². The number of methoxy groups -OCH3 is 4. The van der Waals surface area contributed by atoms with Crippen LogP contribution < -0.4 is 0 Å². The maximum Gasteiger partial charge on any atom is 0.337 e. The number of aliphatic hydroxyl groups excluding tert-OH is 1. The van der Waals surface area contributed by atoms with Crippen LogP contribution in [0.25, 0.3) is 0 Å². The Labute approximate surface area is 167 Å². The van der Waals surface area contributed by atoms with Crippen LogP contribution in [0.1, 0.15) is 13.8 Å². The molecule has 10 heteroatoms. The van der Waals surface area contributed by atoms with Crippen LogP contribution >= 0.6 is 0 Å². The normalized spacial score (nSPS) is 36.1. The topological polar surface area (TPSA) is 146 Å². The zero-order valence-electron chi connectivity index (χ0n) is 17.1. The molecule has 0 saturated heterocycles.